The Morgan fingerprint density at radius 3 is 3.25 bits per heavy atom. The molecule has 0 saturated carbocycles. The maximum absolute atomic E-state index is 10.6. The molecule has 4 heteroatoms. The summed E-state index contributed by atoms with van der Waals surface area (Å²) in [6, 6.07) is 0. The molecule has 2 rings (SSSR count). The molecule has 2 heterocycles. The van der Waals surface area contributed by atoms with Gasteiger partial charge in [0.25, 0.3) is 0 Å². The Labute approximate surface area is 79.7 Å². The molecule has 0 aliphatic carbocycles. The zero-order valence-corrected chi connectivity index (χ0v) is 7.73. The van der Waals surface area contributed by atoms with Gasteiger partial charge in [0, 0.05) is 34.2 Å². The number of halogens is 1. The fourth-order valence-electron chi connectivity index (χ4n) is 1.19. The molecule has 0 amide bonds. The maximum atomic E-state index is 10.6. The Morgan fingerprint density at radius 2 is 2.50 bits per heavy atom. The number of fused-ring (bicyclic) bond motifs is 1. The summed E-state index contributed by atoms with van der Waals surface area (Å²) >= 11 is 7.51. The molecule has 0 bridgehead atoms. The second kappa shape index (κ2) is 2.99. The number of aldehydes is 1. The van der Waals surface area contributed by atoms with Crippen molar-refractivity contribution in [2.24, 2.45) is 0 Å². The summed E-state index contributed by atoms with van der Waals surface area (Å²) in [5, 5.41) is 0. The van der Waals surface area contributed by atoms with Crippen LogP contribution in [0.4, 0.5) is 0 Å². The topological polar surface area (TPSA) is 20.3 Å². The van der Waals surface area contributed by atoms with Crippen LogP contribution >= 0.6 is 23.5 Å². The van der Waals surface area contributed by atoms with Gasteiger partial charge >= 0.3 is 0 Å². The SMILES string of the molecule is O=CC1=C2C(=CC=CN2Cl)SC1. The molecule has 0 atom stereocenters. The van der Waals surface area contributed by atoms with Crippen molar-refractivity contribution in [2.75, 3.05) is 5.75 Å². The lowest BCUT2D eigenvalue weighted by Crippen LogP contribution is -2.07. The van der Waals surface area contributed by atoms with Crippen LogP contribution in [0.3, 0.4) is 0 Å². The maximum Gasteiger partial charge on any atom is 0.149 e. The summed E-state index contributed by atoms with van der Waals surface area (Å²) in [6.07, 6.45) is 6.44. The third-order valence-electron chi connectivity index (χ3n) is 1.74. The third-order valence-corrected chi connectivity index (χ3v) is 3.12. The van der Waals surface area contributed by atoms with Crippen molar-refractivity contribution in [3.8, 4) is 0 Å². The monoisotopic (exact) mass is 199 g/mol. The van der Waals surface area contributed by atoms with Gasteiger partial charge in [-0.1, -0.05) is 0 Å². The van der Waals surface area contributed by atoms with Gasteiger partial charge in [-0.3, -0.25) is 9.21 Å². The highest BCUT2D eigenvalue weighted by molar-refractivity contribution is 8.03. The van der Waals surface area contributed by atoms with E-state index < -0.39 is 0 Å². The number of carbonyl (C=O) groups excluding carboxylic acids is 1. The molecular formula is C8H6ClNOS. The lowest BCUT2D eigenvalue weighted by molar-refractivity contribution is -0.104. The van der Waals surface area contributed by atoms with Crippen molar-refractivity contribution in [2.45, 2.75) is 0 Å². The predicted molar refractivity (Wildman–Crippen MR) is 50.5 cm³/mol. The van der Waals surface area contributed by atoms with Crippen LogP contribution in [0.15, 0.2) is 34.5 Å². The van der Waals surface area contributed by atoms with Crippen molar-refractivity contribution in [3.63, 3.8) is 0 Å². The highest BCUT2D eigenvalue weighted by Crippen LogP contribution is 2.40. The highest BCUT2D eigenvalue weighted by Gasteiger charge is 2.24. The number of thioether (sulfide) groups is 1. The van der Waals surface area contributed by atoms with Gasteiger partial charge in [-0.15, -0.1) is 11.8 Å². The van der Waals surface area contributed by atoms with Gasteiger partial charge in [-0.25, -0.2) is 0 Å². The Hall–Kier alpha value is -0.670. The van der Waals surface area contributed by atoms with E-state index in [0.29, 0.717) is 0 Å². The molecule has 62 valence electrons. The first-order valence-electron chi connectivity index (χ1n) is 3.48. The van der Waals surface area contributed by atoms with Gasteiger partial charge in [-0.05, 0) is 12.2 Å². The second-order valence-corrected chi connectivity index (χ2v) is 3.85. The van der Waals surface area contributed by atoms with E-state index in [1.165, 1.54) is 4.42 Å². The van der Waals surface area contributed by atoms with Gasteiger partial charge in [-0.2, -0.15) is 0 Å². The first-order chi connectivity index (χ1) is 5.83. The van der Waals surface area contributed by atoms with Crippen molar-refractivity contribution in [1.82, 2.24) is 4.42 Å². The number of hydrogen-bond acceptors (Lipinski definition) is 3. The third kappa shape index (κ3) is 1.09. The molecule has 2 aliphatic rings. The van der Waals surface area contributed by atoms with Crippen molar-refractivity contribution < 1.29 is 4.79 Å². The zero-order valence-electron chi connectivity index (χ0n) is 6.16. The molecule has 0 saturated heterocycles. The summed E-state index contributed by atoms with van der Waals surface area (Å²) in [5.74, 6) is 0.732. The van der Waals surface area contributed by atoms with Gasteiger partial charge < -0.3 is 0 Å². The van der Waals surface area contributed by atoms with E-state index in [4.69, 9.17) is 11.8 Å². The van der Waals surface area contributed by atoms with Gasteiger partial charge in [0.05, 0.1) is 5.70 Å². The molecule has 0 aromatic carbocycles. The molecule has 0 unspecified atom stereocenters. The first kappa shape index (κ1) is 7.95. The summed E-state index contributed by atoms with van der Waals surface area (Å²) in [5.41, 5.74) is 1.62. The van der Waals surface area contributed by atoms with Crippen LogP contribution in [0.25, 0.3) is 0 Å². The van der Waals surface area contributed by atoms with E-state index in [9.17, 15) is 4.79 Å². The summed E-state index contributed by atoms with van der Waals surface area (Å²) < 4.78 is 1.47. The average Bonchev–Trinajstić information content (AvgIpc) is 2.49. The molecule has 2 aliphatic heterocycles. The van der Waals surface area contributed by atoms with E-state index >= 15 is 0 Å². The fourth-order valence-corrected chi connectivity index (χ4v) is 2.56. The van der Waals surface area contributed by atoms with Crippen molar-refractivity contribution >= 4 is 29.8 Å². The Morgan fingerprint density at radius 1 is 1.67 bits per heavy atom. The van der Waals surface area contributed by atoms with Crippen LogP contribution in [-0.2, 0) is 4.79 Å². The molecule has 0 N–H and O–H groups in total. The van der Waals surface area contributed by atoms with Crippen molar-refractivity contribution in [3.05, 3.63) is 34.5 Å². The minimum Gasteiger partial charge on any atom is -0.298 e. The number of rotatable bonds is 1. The molecule has 0 aromatic rings. The van der Waals surface area contributed by atoms with Crippen molar-refractivity contribution in [1.29, 1.82) is 0 Å². The largest absolute Gasteiger partial charge is 0.298 e. The van der Waals surface area contributed by atoms with E-state index in [0.717, 1.165) is 28.2 Å². The number of allylic oxidation sites excluding steroid dienone is 2. The standard InChI is InChI=1S/C8H6ClNOS/c9-10-3-1-2-7-8(10)6(4-11)5-12-7/h1-4H,5H2. The van der Waals surface area contributed by atoms with Crippen LogP contribution in [0, 0.1) is 0 Å². The molecule has 0 fully saturated rings. The smallest absolute Gasteiger partial charge is 0.149 e. The van der Waals surface area contributed by atoms with Gasteiger partial charge in [0.15, 0.2) is 0 Å². The Balaban J connectivity index is 2.48. The Kier molecular flexibility index (Phi) is 1.98. The lowest BCUT2D eigenvalue weighted by atomic mass is 10.2. The minimum absolute atomic E-state index is 0.732. The van der Waals surface area contributed by atoms with Gasteiger partial charge in [0.2, 0.25) is 0 Å². The fraction of sp³-hybridized carbons (Fsp3) is 0.125. The zero-order chi connectivity index (χ0) is 8.55. The number of nitrogens with zero attached hydrogens (tertiary/aromatic N) is 1. The number of hydrogen-bond donors (Lipinski definition) is 0. The first-order valence-corrected chi connectivity index (χ1v) is 4.80. The summed E-state index contributed by atoms with van der Waals surface area (Å²) in [7, 11) is 0. The molecular weight excluding hydrogens is 194 g/mol. The van der Waals surface area contributed by atoms with Crippen LogP contribution in [0.1, 0.15) is 0 Å². The van der Waals surface area contributed by atoms with Gasteiger partial charge in [0.1, 0.15) is 6.29 Å². The van der Waals surface area contributed by atoms with Crippen LogP contribution in [-0.4, -0.2) is 16.5 Å². The average molecular weight is 200 g/mol. The lowest BCUT2D eigenvalue weighted by Gasteiger charge is -2.16. The molecule has 0 radical (unpaired) electrons. The number of carbonyl (C=O) groups is 1. The minimum atomic E-state index is 0.732. The molecule has 12 heavy (non-hydrogen) atoms. The van der Waals surface area contributed by atoms with E-state index in [-0.39, 0.29) is 0 Å². The molecule has 2 nitrogen and oxygen atoms in total. The second-order valence-electron chi connectivity index (χ2n) is 2.46. The highest BCUT2D eigenvalue weighted by atomic mass is 35.5. The van der Waals surface area contributed by atoms with E-state index in [1.807, 2.05) is 12.2 Å². The van der Waals surface area contributed by atoms with E-state index in [2.05, 4.69) is 0 Å². The van der Waals surface area contributed by atoms with Crippen LogP contribution < -0.4 is 0 Å². The normalized spacial score (nSPS) is 21.1. The van der Waals surface area contributed by atoms with Crippen LogP contribution in [0.5, 0.6) is 0 Å². The summed E-state index contributed by atoms with van der Waals surface area (Å²) in [4.78, 5) is 11.7. The van der Waals surface area contributed by atoms with Crippen LogP contribution in [0.2, 0.25) is 0 Å². The van der Waals surface area contributed by atoms with E-state index in [1.54, 1.807) is 18.0 Å². The Bertz CT molecular complexity index is 319. The molecule has 0 spiro atoms. The molecule has 0 aromatic heterocycles. The predicted octanol–water partition coefficient (Wildman–Crippen LogP) is 2.05. The quantitative estimate of drug-likeness (QED) is 0.476. The summed E-state index contributed by atoms with van der Waals surface area (Å²) in [6.45, 7) is 0.